The lowest BCUT2D eigenvalue weighted by Crippen LogP contribution is -2.03. The van der Waals surface area contributed by atoms with Crippen LogP contribution in [0.15, 0.2) is 40.9 Å². The van der Waals surface area contributed by atoms with Crippen LogP contribution in [-0.2, 0) is 0 Å². The molecule has 3 aromatic rings. The lowest BCUT2D eigenvalue weighted by Gasteiger charge is -2.12. The quantitative estimate of drug-likeness (QED) is 0.544. The van der Waals surface area contributed by atoms with Crippen LogP contribution in [0.1, 0.15) is 23.7 Å². The van der Waals surface area contributed by atoms with E-state index < -0.39 is 0 Å². The van der Waals surface area contributed by atoms with Crippen molar-refractivity contribution in [3.8, 4) is 5.69 Å². The van der Waals surface area contributed by atoms with Crippen molar-refractivity contribution in [2.24, 2.45) is 0 Å². The molecule has 2 aromatic carbocycles. The van der Waals surface area contributed by atoms with Gasteiger partial charge in [0.25, 0.3) is 0 Å². The Morgan fingerprint density at radius 3 is 2.71 bits per heavy atom. The van der Waals surface area contributed by atoms with Gasteiger partial charge in [0.15, 0.2) is 0 Å². The molecule has 3 rings (SSSR count). The van der Waals surface area contributed by atoms with Gasteiger partial charge in [-0.05, 0) is 59.6 Å². The molecule has 0 bridgehead atoms. The molecule has 0 saturated heterocycles. The van der Waals surface area contributed by atoms with E-state index in [1.54, 1.807) is 6.07 Å². The summed E-state index contributed by atoms with van der Waals surface area (Å²) in [7, 11) is 0. The summed E-state index contributed by atoms with van der Waals surface area (Å²) in [6.45, 7) is 3.90. The van der Waals surface area contributed by atoms with Crippen molar-refractivity contribution in [3.05, 3.63) is 58.1 Å². The summed E-state index contributed by atoms with van der Waals surface area (Å²) >= 11 is 9.72. The fraction of sp³-hybridized carbons (Fsp3) is 0.188. The second-order valence-electron chi connectivity index (χ2n) is 4.96. The summed E-state index contributed by atoms with van der Waals surface area (Å²) in [6, 6.07) is 10.6. The Labute approximate surface area is 135 Å². The standard InChI is InChI=1S/C16H13BrClFN2/c1-9-4-3-5-14-15(9)20-16(10(2)18)21(14)13-7-6-11(19)8-12(13)17/h3-8,10H,1-2H3. The second kappa shape index (κ2) is 5.43. The summed E-state index contributed by atoms with van der Waals surface area (Å²) in [6.07, 6.45) is 0. The highest BCUT2D eigenvalue weighted by Gasteiger charge is 2.18. The number of rotatable bonds is 2. The first kappa shape index (κ1) is 14.5. The third-order valence-corrected chi connectivity index (χ3v) is 4.25. The second-order valence-corrected chi connectivity index (χ2v) is 6.47. The molecule has 0 saturated carbocycles. The normalized spacial score (nSPS) is 12.8. The van der Waals surface area contributed by atoms with Crippen LogP contribution in [0.5, 0.6) is 0 Å². The molecule has 5 heteroatoms. The Bertz CT molecular complexity index is 827. The molecule has 1 aromatic heterocycles. The predicted molar refractivity (Wildman–Crippen MR) is 87.7 cm³/mol. The highest BCUT2D eigenvalue weighted by molar-refractivity contribution is 9.10. The number of imidazole rings is 1. The number of nitrogens with zero attached hydrogens (tertiary/aromatic N) is 2. The molecule has 0 aliphatic heterocycles. The van der Waals surface area contributed by atoms with E-state index in [-0.39, 0.29) is 11.2 Å². The topological polar surface area (TPSA) is 17.8 Å². The highest BCUT2D eigenvalue weighted by Crippen LogP contribution is 2.32. The van der Waals surface area contributed by atoms with Crippen molar-refractivity contribution in [3.63, 3.8) is 0 Å². The first-order valence-corrected chi connectivity index (χ1v) is 7.79. The number of hydrogen-bond acceptors (Lipinski definition) is 1. The molecular formula is C16H13BrClFN2. The van der Waals surface area contributed by atoms with Gasteiger partial charge in [0.1, 0.15) is 11.6 Å². The Kier molecular flexibility index (Phi) is 3.76. The van der Waals surface area contributed by atoms with Gasteiger partial charge >= 0.3 is 0 Å². The largest absolute Gasteiger partial charge is 0.294 e. The summed E-state index contributed by atoms with van der Waals surface area (Å²) in [5.74, 6) is 0.458. The van der Waals surface area contributed by atoms with E-state index >= 15 is 0 Å². The molecule has 0 spiro atoms. The van der Waals surface area contributed by atoms with Gasteiger partial charge in [0.05, 0.1) is 22.1 Å². The molecule has 1 heterocycles. The van der Waals surface area contributed by atoms with Gasteiger partial charge in [0.2, 0.25) is 0 Å². The van der Waals surface area contributed by atoms with Crippen molar-refractivity contribution in [2.75, 3.05) is 0 Å². The maximum Gasteiger partial charge on any atom is 0.132 e. The number of halogens is 3. The van der Waals surface area contributed by atoms with Crippen LogP contribution < -0.4 is 0 Å². The zero-order valence-electron chi connectivity index (χ0n) is 11.6. The van der Waals surface area contributed by atoms with E-state index in [4.69, 9.17) is 11.6 Å². The maximum absolute atomic E-state index is 13.3. The van der Waals surface area contributed by atoms with Gasteiger partial charge in [-0.25, -0.2) is 9.37 Å². The van der Waals surface area contributed by atoms with Crippen molar-refractivity contribution in [1.82, 2.24) is 9.55 Å². The van der Waals surface area contributed by atoms with Gasteiger partial charge in [-0.3, -0.25) is 4.57 Å². The molecule has 0 N–H and O–H groups in total. The van der Waals surface area contributed by atoms with Gasteiger partial charge in [-0.2, -0.15) is 0 Å². The van der Waals surface area contributed by atoms with E-state index in [1.807, 2.05) is 36.6 Å². The van der Waals surface area contributed by atoms with E-state index in [0.717, 1.165) is 28.1 Å². The molecule has 1 atom stereocenters. The van der Waals surface area contributed by atoms with Crippen LogP contribution in [-0.4, -0.2) is 9.55 Å². The van der Waals surface area contributed by atoms with Crippen LogP contribution >= 0.6 is 27.5 Å². The van der Waals surface area contributed by atoms with Crippen molar-refractivity contribution in [2.45, 2.75) is 19.2 Å². The van der Waals surface area contributed by atoms with Crippen molar-refractivity contribution < 1.29 is 4.39 Å². The fourth-order valence-corrected chi connectivity index (χ4v) is 3.11. The molecule has 0 amide bonds. The van der Waals surface area contributed by atoms with Gasteiger partial charge in [0, 0.05) is 4.47 Å². The van der Waals surface area contributed by atoms with E-state index in [1.165, 1.54) is 12.1 Å². The zero-order valence-corrected chi connectivity index (χ0v) is 13.9. The van der Waals surface area contributed by atoms with Gasteiger partial charge in [-0.15, -0.1) is 11.6 Å². The number of hydrogen-bond donors (Lipinski definition) is 0. The van der Waals surface area contributed by atoms with E-state index in [0.29, 0.717) is 4.47 Å². The number of benzene rings is 2. The third-order valence-electron chi connectivity index (χ3n) is 3.42. The van der Waals surface area contributed by atoms with E-state index in [2.05, 4.69) is 20.9 Å². The first-order valence-electron chi connectivity index (χ1n) is 6.56. The van der Waals surface area contributed by atoms with Crippen LogP contribution in [0.2, 0.25) is 0 Å². The number of para-hydroxylation sites is 1. The van der Waals surface area contributed by atoms with E-state index in [9.17, 15) is 4.39 Å². The Morgan fingerprint density at radius 2 is 2.05 bits per heavy atom. The van der Waals surface area contributed by atoms with Crippen LogP contribution in [0.4, 0.5) is 4.39 Å². The summed E-state index contributed by atoms with van der Waals surface area (Å²) < 4.78 is 16.0. The minimum atomic E-state index is -0.285. The number of alkyl halides is 1. The maximum atomic E-state index is 13.3. The molecule has 0 fully saturated rings. The number of aryl methyl sites for hydroxylation is 1. The summed E-state index contributed by atoms with van der Waals surface area (Å²) in [4.78, 5) is 4.67. The fourth-order valence-electron chi connectivity index (χ4n) is 2.44. The molecule has 21 heavy (non-hydrogen) atoms. The monoisotopic (exact) mass is 366 g/mol. The Balaban J connectivity index is 2.39. The minimum absolute atomic E-state index is 0.256. The van der Waals surface area contributed by atoms with Gasteiger partial charge < -0.3 is 0 Å². The molecule has 0 radical (unpaired) electrons. The lowest BCUT2D eigenvalue weighted by molar-refractivity contribution is 0.626. The number of fused-ring (bicyclic) bond motifs is 1. The third kappa shape index (κ3) is 2.47. The van der Waals surface area contributed by atoms with Gasteiger partial charge in [-0.1, -0.05) is 12.1 Å². The van der Waals surface area contributed by atoms with Crippen LogP contribution in [0.25, 0.3) is 16.7 Å². The van der Waals surface area contributed by atoms with Crippen LogP contribution in [0, 0.1) is 12.7 Å². The molecule has 0 aliphatic rings. The first-order chi connectivity index (χ1) is 9.99. The SMILES string of the molecule is Cc1cccc2c1nc(C(C)Cl)n2-c1ccc(F)cc1Br. The average Bonchev–Trinajstić information content (AvgIpc) is 2.80. The minimum Gasteiger partial charge on any atom is -0.294 e. The molecule has 0 aliphatic carbocycles. The summed E-state index contributed by atoms with van der Waals surface area (Å²) in [5, 5.41) is -0.256. The zero-order chi connectivity index (χ0) is 15.1. The Hall–Kier alpha value is -1.39. The molecule has 1 unspecified atom stereocenters. The molecule has 108 valence electrons. The van der Waals surface area contributed by atoms with Crippen molar-refractivity contribution in [1.29, 1.82) is 0 Å². The molecule has 2 nitrogen and oxygen atoms in total. The lowest BCUT2D eigenvalue weighted by atomic mass is 10.2. The summed E-state index contributed by atoms with van der Waals surface area (Å²) in [5.41, 5.74) is 3.79. The highest BCUT2D eigenvalue weighted by atomic mass is 79.9. The number of aromatic nitrogens is 2. The van der Waals surface area contributed by atoms with Crippen molar-refractivity contribution >= 4 is 38.6 Å². The smallest absolute Gasteiger partial charge is 0.132 e. The predicted octanol–water partition coefficient (Wildman–Crippen LogP) is 5.54. The van der Waals surface area contributed by atoms with Crippen LogP contribution in [0.3, 0.4) is 0 Å². The molecular weight excluding hydrogens is 355 g/mol. The Morgan fingerprint density at radius 1 is 1.29 bits per heavy atom. The average molecular weight is 368 g/mol.